The summed E-state index contributed by atoms with van der Waals surface area (Å²) in [7, 11) is 3.52. The number of carbonyl (C=O) groups excluding carboxylic acids is 1. The van der Waals surface area contributed by atoms with E-state index in [2.05, 4.69) is 20.9 Å². The topological polar surface area (TPSA) is 68.8 Å². The van der Waals surface area contributed by atoms with E-state index in [4.69, 9.17) is 0 Å². The minimum atomic E-state index is -0.257. The van der Waals surface area contributed by atoms with Crippen LogP contribution in [0.15, 0.2) is 29.3 Å². The van der Waals surface area contributed by atoms with Crippen molar-refractivity contribution in [3.8, 4) is 0 Å². The lowest BCUT2D eigenvalue weighted by Gasteiger charge is -2.21. The van der Waals surface area contributed by atoms with Crippen LogP contribution >= 0.6 is 24.0 Å². The Morgan fingerprint density at radius 1 is 1.23 bits per heavy atom. The van der Waals surface area contributed by atoms with Crippen LogP contribution in [0.1, 0.15) is 27.2 Å². The number of nitrogens with one attached hydrogen (secondary N) is 3. The standard InChI is InChI=1S/C18H30FN5O.HI/c1-18(2,3)23-16(25)13-22-17(20-4)21-11-8-12-24(5)15-10-7-6-9-14(15)19;/h6-7,9-10H,8,11-13H2,1-5H3,(H,23,25)(H2,20,21,22);1H. The summed E-state index contributed by atoms with van der Waals surface area (Å²) in [5.41, 5.74) is 0.330. The van der Waals surface area contributed by atoms with Gasteiger partial charge >= 0.3 is 0 Å². The molecule has 0 saturated heterocycles. The highest BCUT2D eigenvalue weighted by Gasteiger charge is 2.13. The fourth-order valence-electron chi connectivity index (χ4n) is 2.25. The third-order valence-electron chi connectivity index (χ3n) is 3.38. The van der Waals surface area contributed by atoms with Gasteiger partial charge in [0.15, 0.2) is 5.96 Å². The van der Waals surface area contributed by atoms with Crippen LogP contribution in [-0.2, 0) is 4.79 Å². The number of nitrogens with zero attached hydrogens (tertiary/aromatic N) is 2. The Kier molecular flexibility index (Phi) is 11.2. The first-order valence-corrected chi connectivity index (χ1v) is 8.44. The van der Waals surface area contributed by atoms with Gasteiger partial charge in [-0.3, -0.25) is 9.79 Å². The van der Waals surface area contributed by atoms with Crippen LogP contribution in [0.3, 0.4) is 0 Å². The quantitative estimate of drug-likeness (QED) is 0.243. The highest BCUT2D eigenvalue weighted by molar-refractivity contribution is 14.0. The molecule has 0 aliphatic rings. The summed E-state index contributed by atoms with van der Waals surface area (Å²) in [5.74, 6) is 0.257. The fraction of sp³-hybridized carbons (Fsp3) is 0.556. The Bertz CT molecular complexity index is 589. The number of anilines is 1. The zero-order chi connectivity index (χ0) is 18.9. The zero-order valence-electron chi connectivity index (χ0n) is 16.2. The molecule has 0 unspecified atom stereocenters. The van der Waals surface area contributed by atoms with E-state index in [0.29, 0.717) is 24.7 Å². The predicted molar refractivity (Wildman–Crippen MR) is 117 cm³/mol. The first kappa shape index (κ1) is 24.4. The Morgan fingerprint density at radius 2 is 1.88 bits per heavy atom. The molecular formula is C18H31FIN5O. The summed E-state index contributed by atoms with van der Waals surface area (Å²) in [6.45, 7) is 7.33. The van der Waals surface area contributed by atoms with Crippen molar-refractivity contribution in [2.24, 2.45) is 4.99 Å². The molecule has 0 aliphatic heterocycles. The second kappa shape index (κ2) is 11.9. The van der Waals surface area contributed by atoms with E-state index in [9.17, 15) is 9.18 Å². The van der Waals surface area contributed by atoms with Gasteiger partial charge in [-0.05, 0) is 39.3 Å². The Labute approximate surface area is 173 Å². The summed E-state index contributed by atoms with van der Waals surface area (Å²) in [6.07, 6.45) is 0.805. The summed E-state index contributed by atoms with van der Waals surface area (Å²) in [4.78, 5) is 17.8. The number of amides is 1. The van der Waals surface area contributed by atoms with Crippen LogP contribution in [0.25, 0.3) is 0 Å². The lowest BCUT2D eigenvalue weighted by atomic mass is 10.1. The summed E-state index contributed by atoms with van der Waals surface area (Å²) in [6, 6.07) is 6.72. The number of hydrogen-bond acceptors (Lipinski definition) is 3. The van der Waals surface area contributed by atoms with Crippen molar-refractivity contribution in [3.05, 3.63) is 30.1 Å². The summed E-state index contributed by atoms with van der Waals surface area (Å²) < 4.78 is 13.7. The van der Waals surface area contributed by atoms with Crippen LogP contribution in [0.2, 0.25) is 0 Å². The van der Waals surface area contributed by atoms with E-state index in [-0.39, 0.29) is 47.8 Å². The number of carbonyl (C=O) groups is 1. The van der Waals surface area contributed by atoms with Gasteiger partial charge in [-0.15, -0.1) is 24.0 Å². The van der Waals surface area contributed by atoms with Crippen LogP contribution in [0.5, 0.6) is 0 Å². The predicted octanol–water partition coefficient (Wildman–Crippen LogP) is 2.35. The lowest BCUT2D eigenvalue weighted by molar-refractivity contribution is -0.121. The smallest absolute Gasteiger partial charge is 0.239 e. The molecule has 8 heteroatoms. The van der Waals surface area contributed by atoms with Gasteiger partial charge in [-0.2, -0.15) is 0 Å². The monoisotopic (exact) mass is 479 g/mol. The molecule has 148 valence electrons. The number of halogens is 2. The molecule has 1 aromatic rings. The molecule has 0 heterocycles. The minimum Gasteiger partial charge on any atom is -0.372 e. The molecular weight excluding hydrogens is 448 g/mol. The average Bonchev–Trinajstić information content (AvgIpc) is 2.52. The number of rotatable bonds is 7. The van der Waals surface area contributed by atoms with E-state index in [1.807, 2.05) is 38.8 Å². The van der Waals surface area contributed by atoms with E-state index in [1.54, 1.807) is 19.2 Å². The van der Waals surface area contributed by atoms with Crippen molar-refractivity contribution >= 4 is 41.5 Å². The van der Waals surface area contributed by atoms with E-state index >= 15 is 0 Å². The first-order valence-electron chi connectivity index (χ1n) is 8.44. The normalized spacial score (nSPS) is 11.4. The molecule has 0 saturated carbocycles. The molecule has 0 radical (unpaired) electrons. The van der Waals surface area contributed by atoms with Gasteiger partial charge in [0.25, 0.3) is 0 Å². The second-order valence-electron chi connectivity index (χ2n) is 6.88. The molecule has 0 aliphatic carbocycles. The molecule has 0 fully saturated rings. The van der Waals surface area contributed by atoms with Crippen LogP contribution in [0, 0.1) is 5.82 Å². The Morgan fingerprint density at radius 3 is 2.46 bits per heavy atom. The maximum Gasteiger partial charge on any atom is 0.239 e. The molecule has 0 atom stereocenters. The van der Waals surface area contributed by atoms with Crippen molar-refractivity contribution in [3.63, 3.8) is 0 Å². The van der Waals surface area contributed by atoms with E-state index in [1.165, 1.54) is 6.07 Å². The molecule has 1 amide bonds. The maximum atomic E-state index is 13.7. The van der Waals surface area contributed by atoms with Crippen LogP contribution in [-0.4, -0.2) is 51.1 Å². The van der Waals surface area contributed by atoms with Gasteiger partial charge in [0.2, 0.25) is 5.91 Å². The number of hydrogen-bond donors (Lipinski definition) is 3. The maximum absolute atomic E-state index is 13.7. The van der Waals surface area contributed by atoms with Gasteiger partial charge in [-0.1, -0.05) is 12.1 Å². The molecule has 26 heavy (non-hydrogen) atoms. The van der Waals surface area contributed by atoms with Crippen LogP contribution in [0.4, 0.5) is 10.1 Å². The van der Waals surface area contributed by atoms with Crippen molar-refractivity contribution in [1.29, 1.82) is 0 Å². The Balaban J connectivity index is 0.00000625. The highest BCUT2D eigenvalue weighted by atomic mass is 127. The van der Waals surface area contributed by atoms with Crippen molar-refractivity contribution in [2.75, 3.05) is 38.6 Å². The zero-order valence-corrected chi connectivity index (χ0v) is 18.6. The molecule has 0 spiro atoms. The fourth-order valence-corrected chi connectivity index (χ4v) is 2.25. The molecule has 3 N–H and O–H groups in total. The second-order valence-corrected chi connectivity index (χ2v) is 6.88. The largest absolute Gasteiger partial charge is 0.372 e. The van der Waals surface area contributed by atoms with Crippen molar-refractivity contribution < 1.29 is 9.18 Å². The van der Waals surface area contributed by atoms with Gasteiger partial charge in [0.05, 0.1) is 12.2 Å². The molecule has 0 aromatic heterocycles. The van der Waals surface area contributed by atoms with Crippen molar-refractivity contribution in [2.45, 2.75) is 32.7 Å². The lowest BCUT2D eigenvalue weighted by Crippen LogP contribution is -2.48. The van der Waals surface area contributed by atoms with E-state index < -0.39 is 0 Å². The number of benzene rings is 1. The summed E-state index contributed by atoms with van der Waals surface area (Å²) >= 11 is 0. The SMILES string of the molecule is CN=C(NCCCN(C)c1ccccc1F)NCC(=O)NC(C)(C)C.I. The Hall–Kier alpha value is -1.58. The van der Waals surface area contributed by atoms with Gasteiger partial charge in [0.1, 0.15) is 5.82 Å². The third-order valence-corrected chi connectivity index (χ3v) is 3.38. The van der Waals surface area contributed by atoms with Gasteiger partial charge in [0, 0.05) is 32.7 Å². The van der Waals surface area contributed by atoms with E-state index in [0.717, 1.165) is 6.42 Å². The summed E-state index contributed by atoms with van der Waals surface area (Å²) in [5, 5.41) is 9.00. The number of para-hydroxylation sites is 1. The number of guanidine groups is 1. The molecule has 6 nitrogen and oxygen atoms in total. The first-order chi connectivity index (χ1) is 11.7. The van der Waals surface area contributed by atoms with Crippen LogP contribution < -0.4 is 20.9 Å². The molecule has 1 rings (SSSR count). The molecule has 1 aromatic carbocycles. The van der Waals surface area contributed by atoms with Gasteiger partial charge in [-0.25, -0.2) is 4.39 Å². The third kappa shape index (κ3) is 9.79. The van der Waals surface area contributed by atoms with Gasteiger partial charge < -0.3 is 20.9 Å². The molecule has 0 bridgehead atoms. The highest BCUT2D eigenvalue weighted by Crippen LogP contribution is 2.16. The van der Waals surface area contributed by atoms with Crippen molar-refractivity contribution in [1.82, 2.24) is 16.0 Å². The minimum absolute atomic E-state index is 0. The number of aliphatic imine (C=N–C) groups is 1. The average molecular weight is 479 g/mol.